The van der Waals surface area contributed by atoms with Crippen molar-refractivity contribution in [3.05, 3.63) is 12.2 Å². The van der Waals surface area contributed by atoms with Crippen LogP contribution in [0.15, 0.2) is 12.2 Å². The number of hydrogen-bond donors (Lipinski definition) is 2. The fraction of sp³-hybridized carbons (Fsp3) is 0.909. The van der Waals surface area contributed by atoms with Gasteiger partial charge in [-0.3, -0.25) is 4.90 Å². The van der Waals surface area contributed by atoms with Crippen molar-refractivity contribution in [1.29, 1.82) is 0 Å². The Morgan fingerprint density at radius 1 is 1.20 bits per heavy atom. The molecule has 0 aromatic heterocycles. The summed E-state index contributed by atoms with van der Waals surface area (Å²) in [5, 5.41) is 22.9. The molecule has 10 atom stereocenters. The van der Waals surface area contributed by atoms with Crippen molar-refractivity contribution in [2.24, 2.45) is 39.9 Å². The zero-order valence-electron chi connectivity index (χ0n) is 15.7. The average Bonchev–Trinajstić information content (AvgIpc) is 2.99. The first-order valence-electron chi connectivity index (χ1n) is 10.7. The summed E-state index contributed by atoms with van der Waals surface area (Å²) in [6, 6.07) is 0.592. The standard InChI is InChI=1S/C22H33NO2/c1-4-23-11-20(3)7-5-8-22-15(20)10-14(18(22)23)21-9-6-13(12(2)19(21)25)16(24)17(21)22/h13-19,24-25H,2,4-11H2,1,3H3/t13-,14+,15-,16+,17-,18?,19+,20+,21+,22+/m1/s1. The minimum Gasteiger partial charge on any atom is -0.392 e. The molecule has 25 heavy (non-hydrogen) atoms. The van der Waals surface area contributed by atoms with Gasteiger partial charge in [-0.2, -0.15) is 0 Å². The van der Waals surface area contributed by atoms with Crippen molar-refractivity contribution in [1.82, 2.24) is 4.90 Å². The highest BCUT2D eigenvalue weighted by atomic mass is 16.3. The number of piperidine rings is 1. The van der Waals surface area contributed by atoms with E-state index in [9.17, 15) is 10.2 Å². The van der Waals surface area contributed by atoms with Crippen LogP contribution in [-0.2, 0) is 0 Å². The molecular formula is C22H33NO2. The van der Waals surface area contributed by atoms with Gasteiger partial charge in [-0.15, -0.1) is 0 Å². The van der Waals surface area contributed by atoms with Crippen molar-refractivity contribution in [2.45, 2.75) is 70.6 Å². The molecule has 1 heterocycles. The Balaban J connectivity index is 1.60. The van der Waals surface area contributed by atoms with Gasteiger partial charge in [0.05, 0.1) is 12.2 Å². The highest BCUT2D eigenvalue weighted by Gasteiger charge is 2.84. The Labute approximate surface area is 151 Å². The molecule has 1 saturated heterocycles. The molecule has 7 fully saturated rings. The van der Waals surface area contributed by atoms with Gasteiger partial charge >= 0.3 is 0 Å². The van der Waals surface area contributed by atoms with Gasteiger partial charge in [0.1, 0.15) is 0 Å². The summed E-state index contributed by atoms with van der Waals surface area (Å²) in [5.41, 5.74) is 1.54. The van der Waals surface area contributed by atoms with Crippen LogP contribution in [0.4, 0.5) is 0 Å². The Hall–Kier alpha value is -0.380. The Kier molecular flexibility index (Phi) is 2.73. The molecule has 1 unspecified atom stereocenters. The van der Waals surface area contributed by atoms with Crippen molar-refractivity contribution >= 4 is 0 Å². The van der Waals surface area contributed by atoms with Gasteiger partial charge < -0.3 is 10.2 Å². The van der Waals surface area contributed by atoms with Crippen LogP contribution in [-0.4, -0.2) is 46.5 Å². The lowest BCUT2D eigenvalue weighted by molar-refractivity contribution is -0.227. The third-order valence-corrected chi connectivity index (χ3v) is 10.5. The quantitative estimate of drug-likeness (QED) is 0.720. The molecule has 3 heteroatoms. The van der Waals surface area contributed by atoms with Crippen LogP contribution < -0.4 is 0 Å². The third-order valence-electron chi connectivity index (χ3n) is 10.5. The van der Waals surface area contributed by atoms with Crippen molar-refractivity contribution in [2.75, 3.05) is 13.1 Å². The summed E-state index contributed by atoms with van der Waals surface area (Å²) in [6.45, 7) is 11.5. The SMILES string of the molecule is C=C1[C@H]2CC[C@]3([C@H]1O)[C@H]1C[C@@H]4[C@@]5(C)CCC[C@@]4(C1N(CC)C5)[C@@H]3[C@H]2O. The normalized spacial score (nSPS) is 64.6. The molecule has 0 radical (unpaired) electrons. The van der Waals surface area contributed by atoms with Crippen molar-refractivity contribution < 1.29 is 10.2 Å². The second-order valence-corrected chi connectivity index (χ2v) is 10.7. The molecule has 138 valence electrons. The van der Waals surface area contributed by atoms with Crippen molar-refractivity contribution in [3.63, 3.8) is 0 Å². The molecule has 0 amide bonds. The van der Waals surface area contributed by atoms with Crippen LogP contribution in [0, 0.1) is 39.9 Å². The summed E-state index contributed by atoms with van der Waals surface area (Å²) < 4.78 is 0. The molecule has 2 spiro atoms. The van der Waals surface area contributed by atoms with Gasteiger partial charge in [0, 0.05) is 29.8 Å². The predicted octanol–water partition coefficient (Wildman–Crippen LogP) is 2.82. The van der Waals surface area contributed by atoms with Gasteiger partial charge in [-0.25, -0.2) is 0 Å². The molecule has 7 bridgehead atoms. The fourth-order valence-electron chi connectivity index (χ4n) is 10.1. The van der Waals surface area contributed by atoms with E-state index in [0.29, 0.717) is 23.3 Å². The number of hydrogen-bond acceptors (Lipinski definition) is 3. The van der Waals surface area contributed by atoms with Crippen LogP contribution in [0.5, 0.6) is 0 Å². The van der Waals surface area contributed by atoms with E-state index in [1.165, 1.54) is 32.2 Å². The summed E-state index contributed by atoms with van der Waals surface area (Å²) in [4.78, 5) is 2.77. The predicted molar refractivity (Wildman–Crippen MR) is 96.8 cm³/mol. The summed E-state index contributed by atoms with van der Waals surface area (Å²) in [5.74, 6) is 1.77. The molecule has 7 aliphatic rings. The monoisotopic (exact) mass is 343 g/mol. The van der Waals surface area contributed by atoms with E-state index in [0.717, 1.165) is 30.9 Å². The number of aliphatic hydroxyl groups excluding tert-OH is 2. The number of aliphatic hydroxyl groups is 2. The maximum absolute atomic E-state index is 11.5. The molecule has 0 aromatic carbocycles. The minimum atomic E-state index is -0.377. The van der Waals surface area contributed by atoms with Gasteiger partial charge in [0.15, 0.2) is 0 Å². The lowest BCUT2D eigenvalue weighted by atomic mass is 9.39. The maximum atomic E-state index is 11.5. The fourth-order valence-corrected chi connectivity index (χ4v) is 10.1. The highest BCUT2D eigenvalue weighted by Crippen LogP contribution is 2.83. The lowest BCUT2D eigenvalue weighted by Crippen LogP contribution is -2.69. The van der Waals surface area contributed by atoms with E-state index in [4.69, 9.17) is 0 Å². The molecule has 6 saturated carbocycles. The minimum absolute atomic E-state index is 0.0809. The van der Waals surface area contributed by atoms with Crippen LogP contribution in [0.25, 0.3) is 0 Å². The third kappa shape index (κ3) is 1.34. The van der Waals surface area contributed by atoms with Gasteiger partial charge in [0.25, 0.3) is 0 Å². The van der Waals surface area contributed by atoms with Gasteiger partial charge in [-0.1, -0.05) is 26.8 Å². The second kappa shape index (κ2) is 4.36. The Bertz CT molecular complexity index is 662. The molecule has 6 aliphatic carbocycles. The zero-order chi connectivity index (χ0) is 17.4. The smallest absolute Gasteiger partial charge is 0.0814 e. The van der Waals surface area contributed by atoms with Gasteiger partial charge in [0.2, 0.25) is 0 Å². The molecule has 7 rings (SSSR count). The lowest BCUT2D eigenvalue weighted by Gasteiger charge is -2.68. The average molecular weight is 344 g/mol. The Morgan fingerprint density at radius 2 is 2.00 bits per heavy atom. The highest BCUT2D eigenvalue weighted by molar-refractivity contribution is 5.38. The molecular weight excluding hydrogens is 310 g/mol. The summed E-state index contributed by atoms with van der Waals surface area (Å²) >= 11 is 0. The first-order valence-corrected chi connectivity index (χ1v) is 10.7. The van der Waals surface area contributed by atoms with E-state index in [1.807, 2.05) is 0 Å². The number of nitrogens with zero attached hydrogens (tertiary/aromatic N) is 1. The topological polar surface area (TPSA) is 43.7 Å². The van der Waals surface area contributed by atoms with Crippen molar-refractivity contribution in [3.8, 4) is 0 Å². The number of rotatable bonds is 1. The zero-order valence-corrected chi connectivity index (χ0v) is 15.7. The van der Waals surface area contributed by atoms with Gasteiger partial charge in [-0.05, 0) is 66.9 Å². The molecule has 2 N–H and O–H groups in total. The largest absolute Gasteiger partial charge is 0.392 e. The second-order valence-electron chi connectivity index (χ2n) is 10.7. The maximum Gasteiger partial charge on any atom is 0.0814 e. The van der Waals surface area contributed by atoms with Crippen LogP contribution in [0.3, 0.4) is 0 Å². The van der Waals surface area contributed by atoms with Crippen LogP contribution in [0.1, 0.15) is 52.4 Å². The number of fused-ring (bicyclic) bond motifs is 2. The Morgan fingerprint density at radius 3 is 2.76 bits per heavy atom. The molecule has 3 nitrogen and oxygen atoms in total. The molecule has 1 aliphatic heterocycles. The summed E-state index contributed by atoms with van der Waals surface area (Å²) in [6.07, 6.45) is 6.75. The van der Waals surface area contributed by atoms with E-state index in [-0.39, 0.29) is 29.0 Å². The van der Waals surface area contributed by atoms with E-state index >= 15 is 0 Å². The van der Waals surface area contributed by atoms with E-state index < -0.39 is 0 Å². The number of likely N-dealkylation sites (tertiary alicyclic amines) is 1. The first-order chi connectivity index (χ1) is 11.9. The van der Waals surface area contributed by atoms with Crippen LogP contribution in [0.2, 0.25) is 0 Å². The summed E-state index contributed by atoms with van der Waals surface area (Å²) in [7, 11) is 0. The first kappa shape index (κ1) is 15.7. The van der Waals surface area contributed by atoms with Crippen LogP contribution >= 0.6 is 0 Å². The van der Waals surface area contributed by atoms with E-state index in [1.54, 1.807) is 0 Å². The van der Waals surface area contributed by atoms with E-state index in [2.05, 4.69) is 25.3 Å². The molecule has 0 aromatic rings.